The molecule has 0 amide bonds. The van der Waals surface area contributed by atoms with Gasteiger partial charge in [-0.25, -0.2) is 0 Å². The Morgan fingerprint density at radius 3 is 2.74 bits per heavy atom. The second-order valence-electron chi connectivity index (χ2n) is 6.53. The topological polar surface area (TPSA) is 44.8 Å². The van der Waals surface area contributed by atoms with Crippen LogP contribution in [0.2, 0.25) is 0 Å². The Morgan fingerprint density at radius 1 is 1.13 bits per heavy atom. The van der Waals surface area contributed by atoms with Crippen molar-refractivity contribution in [3.8, 4) is 5.75 Å². The number of benzene rings is 1. The quantitative estimate of drug-likeness (QED) is 0.781. The maximum atomic E-state index is 11.4. The molecule has 1 aromatic carbocycles. The molecule has 1 aromatic rings. The van der Waals surface area contributed by atoms with Crippen LogP contribution in [0.15, 0.2) is 24.3 Å². The molecule has 126 valence electrons. The van der Waals surface area contributed by atoms with Crippen LogP contribution in [0.1, 0.15) is 63.4 Å². The van der Waals surface area contributed by atoms with Gasteiger partial charge in [0.25, 0.3) is 0 Å². The van der Waals surface area contributed by atoms with E-state index in [2.05, 4.69) is 12.1 Å². The number of ether oxygens (including phenoxy) is 3. The normalized spacial score (nSPS) is 28.1. The van der Waals surface area contributed by atoms with Crippen molar-refractivity contribution in [2.45, 2.75) is 70.2 Å². The maximum absolute atomic E-state index is 11.4. The molecule has 0 aromatic heterocycles. The summed E-state index contributed by atoms with van der Waals surface area (Å²) in [6, 6.07) is 8.20. The molecule has 1 aliphatic heterocycles. The van der Waals surface area contributed by atoms with Crippen molar-refractivity contribution in [2.75, 3.05) is 6.61 Å². The third-order valence-electron chi connectivity index (χ3n) is 4.71. The van der Waals surface area contributed by atoms with Crippen LogP contribution >= 0.6 is 0 Å². The van der Waals surface area contributed by atoms with E-state index in [4.69, 9.17) is 14.2 Å². The summed E-state index contributed by atoms with van der Waals surface area (Å²) in [6.07, 6.45) is 7.39. The van der Waals surface area contributed by atoms with Crippen molar-refractivity contribution >= 4 is 5.97 Å². The van der Waals surface area contributed by atoms with E-state index in [1.807, 2.05) is 12.1 Å². The minimum atomic E-state index is -0.190. The third kappa shape index (κ3) is 4.47. The lowest BCUT2D eigenvalue weighted by Gasteiger charge is -2.31. The van der Waals surface area contributed by atoms with Crippen LogP contribution in [0.4, 0.5) is 0 Å². The van der Waals surface area contributed by atoms with E-state index >= 15 is 0 Å². The van der Waals surface area contributed by atoms with Crippen molar-refractivity contribution < 1.29 is 19.0 Å². The van der Waals surface area contributed by atoms with Crippen LogP contribution in [0.25, 0.3) is 0 Å². The van der Waals surface area contributed by atoms with E-state index in [0.29, 0.717) is 0 Å². The van der Waals surface area contributed by atoms with Crippen LogP contribution in [-0.4, -0.2) is 25.0 Å². The Morgan fingerprint density at radius 2 is 1.96 bits per heavy atom. The summed E-state index contributed by atoms with van der Waals surface area (Å²) >= 11 is 0. The summed E-state index contributed by atoms with van der Waals surface area (Å²) in [6.45, 7) is 2.27. The first-order chi connectivity index (χ1) is 11.2. The molecule has 4 heteroatoms. The van der Waals surface area contributed by atoms with Crippen LogP contribution in [0, 0.1) is 0 Å². The lowest BCUT2D eigenvalue weighted by Crippen LogP contribution is -2.28. The van der Waals surface area contributed by atoms with Gasteiger partial charge in [-0.3, -0.25) is 4.79 Å². The van der Waals surface area contributed by atoms with E-state index < -0.39 is 0 Å². The average Bonchev–Trinajstić information content (AvgIpc) is 2.56. The zero-order chi connectivity index (χ0) is 16.1. The predicted octanol–water partition coefficient (Wildman–Crippen LogP) is 4.18. The van der Waals surface area contributed by atoms with Crippen molar-refractivity contribution in [2.24, 2.45) is 0 Å². The van der Waals surface area contributed by atoms with E-state index in [1.165, 1.54) is 18.9 Å². The number of rotatable bonds is 4. The van der Waals surface area contributed by atoms with Crippen LogP contribution in [0.3, 0.4) is 0 Å². The minimum Gasteiger partial charge on any atom is -0.465 e. The second-order valence-corrected chi connectivity index (χ2v) is 6.53. The predicted molar refractivity (Wildman–Crippen MR) is 87.4 cm³/mol. The number of hydrogen-bond acceptors (Lipinski definition) is 4. The highest BCUT2D eigenvalue weighted by molar-refractivity contribution is 5.66. The van der Waals surface area contributed by atoms with Gasteiger partial charge < -0.3 is 14.2 Å². The first-order valence-electron chi connectivity index (χ1n) is 8.78. The van der Waals surface area contributed by atoms with Gasteiger partial charge >= 0.3 is 5.97 Å². The average molecular weight is 318 g/mol. The number of esters is 1. The molecule has 0 N–H and O–H groups in total. The van der Waals surface area contributed by atoms with Crippen molar-refractivity contribution in [3.05, 3.63) is 29.8 Å². The van der Waals surface area contributed by atoms with E-state index in [0.717, 1.165) is 50.9 Å². The Labute approximate surface area is 138 Å². The lowest BCUT2D eigenvalue weighted by atomic mass is 9.81. The van der Waals surface area contributed by atoms with Gasteiger partial charge in [-0.15, -0.1) is 0 Å². The highest BCUT2D eigenvalue weighted by atomic mass is 16.7. The fraction of sp³-hybridized carbons (Fsp3) is 0.632. The molecule has 0 bridgehead atoms. The third-order valence-corrected chi connectivity index (χ3v) is 4.71. The summed E-state index contributed by atoms with van der Waals surface area (Å²) in [5.41, 5.74) is 1.20. The van der Waals surface area contributed by atoms with Gasteiger partial charge in [0.2, 0.25) is 0 Å². The Hall–Kier alpha value is -1.55. The molecule has 23 heavy (non-hydrogen) atoms. The lowest BCUT2D eigenvalue weighted by molar-refractivity contribution is -0.148. The van der Waals surface area contributed by atoms with Gasteiger partial charge in [-0.1, -0.05) is 18.6 Å². The minimum absolute atomic E-state index is 0.0116. The molecule has 2 aliphatic rings. The highest BCUT2D eigenvalue weighted by Crippen LogP contribution is 2.36. The van der Waals surface area contributed by atoms with E-state index in [-0.39, 0.29) is 24.3 Å². The van der Waals surface area contributed by atoms with Gasteiger partial charge in [0.1, 0.15) is 11.9 Å². The number of hydrogen-bond donors (Lipinski definition) is 0. The number of carbonyl (C=O) groups excluding carboxylic acids is 1. The molecule has 4 nitrogen and oxygen atoms in total. The van der Waals surface area contributed by atoms with E-state index in [9.17, 15) is 4.79 Å². The molecule has 1 heterocycles. The van der Waals surface area contributed by atoms with Crippen LogP contribution in [-0.2, 0) is 14.3 Å². The Kier molecular flexibility index (Phi) is 5.55. The van der Waals surface area contributed by atoms with Crippen LogP contribution in [0.5, 0.6) is 5.75 Å². The molecule has 3 rings (SSSR count). The van der Waals surface area contributed by atoms with Gasteiger partial charge in [-0.2, -0.15) is 0 Å². The molecule has 0 spiro atoms. The monoisotopic (exact) mass is 318 g/mol. The largest absolute Gasteiger partial charge is 0.465 e. The summed E-state index contributed by atoms with van der Waals surface area (Å²) in [7, 11) is 0. The molecular weight excluding hydrogens is 292 g/mol. The number of carbonyl (C=O) groups is 1. The van der Waals surface area contributed by atoms with Crippen molar-refractivity contribution in [1.29, 1.82) is 0 Å². The molecule has 1 saturated heterocycles. The highest BCUT2D eigenvalue weighted by Gasteiger charge is 2.29. The first-order valence-corrected chi connectivity index (χ1v) is 8.78. The molecular formula is C19H26O4. The fourth-order valence-electron chi connectivity index (χ4n) is 3.61. The van der Waals surface area contributed by atoms with Gasteiger partial charge in [0.15, 0.2) is 6.29 Å². The first kappa shape index (κ1) is 16.3. The zero-order valence-corrected chi connectivity index (χ0v) is 13.8. The Bertz CT molecular complexity index is 522. The van der Waals surface area contributed by atoms with Crippen molar-refractivity contribution in [1.82, 2.24) is 0 Å². The smallest absolute Gasteiger partial charge is 0.302 e. The maximum Gasteiger partial charge on any atom is 0.302 e. The Balaban J connectivity index is 1.70. The fourth-order valence-corrected chi connectivity index (χ4v) is 3.61. The molecule has 1 saturated carbocycles. The summed E-state index contributed by atoms with van der Waals surface area (Å²) < 4.78 is 17.2. The van der Waals surface area contributed by atoms with E-state index in [1.54, 1.807) is 0 Å². The van der Waals surface area contributed by atoms with Gasteiger partial charge in [-0.05, 0) is 49.8 Å². The van der Waals surface area contributed by atoms with Gasteiger partial charge in [0.05, 0.1) is 6.61 Å². The molecule has 0 radical (unpaired) electrons. The second kappa shape index (κ2) is 7.82. The SMILES string of the molecule is CC(=O)O[C@@H]1CCCC[C@H]1c1cccc(OC2CCCCO2)c1. The zero-order valence-electron chi connectivity index (χ0n) is 13.8. The summed E-state index contributed by atoms with van der Waals surface area (Å²) in [4.78, 5) is 11.4. The molecule has 2 fully saturated rings. The standard InChI is InChI=1S/C19H26O4/c1-14(20)22-18-10-3-2-9-17(18)15-7-6-8-16(13-15)23-19-11-4-5-12-21-19/h6-8,13,17-19H,2-5,9-12H2,1H3/t17-,18+,19?/m0/s1. The molecule has 3 atom stereocenters. The van der Waals surface area contributed by atoms with Gasteiger partial charge in [0, 0.05) is 19.3 Å². The molecule has 1 unspecified atom stereocenters. The van der Waals surface area contributed by atoms with Crippen molar-refractivity contribution in [3.63, 3.8) is 0 Å². The summed E-state index contributed by atoms with van der Waals surface area (Å²) in [5, 5.41) is 0. The van der Waals surface area contributed by atoms with Crippen LogP contribution < -0.4 is 4.74 Å². The molecule has 1 aliphatic carbocycles. The summed E-state index contributed by atoms with van der Waals surface area (Å²) in [5.74, 6) is 0.926.